The van der Waals surface area contributed by atoms with E-state index in [2.05, 4.69) is 16.0 Å². The number of likely N-dealkylation sites (tertiary alicyclic amines) is 1. The third-order valence-electron chi connectivity index (χ3n) is 10.7. The van der Waals surface area contributed by atoms with Crippen molar-refractivity contribution in [2.24, 2.45) is 23.7 Å². The van der Waals surface area contributed by atoms with Crippen LogP contribution in [0.15, 0.2) is 24.3 Å². The molecule has 0 bridgehead atoms. The molecular weight excluding hydrogens is 702 g/mol. The highest BCUT2D eigenvalue weighted by Crippen LogP contribution is 2.30. The summed E-state index contributed by atoms with van der Waals surface area (Å²) in [6, 6.07) is 3.45. The van der Waals surface area contributed by atoms with Crippen molar-refractivity contribution in [2.75, 3.05) is 34.9 Å². The Morgan fingerprint density at radius 2 is 1.62 bits per heavy atom. The molecule has 9 atom stereocenters. The van der Waals surface area contributed by atoms with Crippen molar-refractivity contribution in [1.29, 1.82) is 0 Å². The van der Waals surface area contributed by atoms with Gasteiger partial charge in [0, 0.05) is 39.3 Å². The Hall–Kier alpha value is -3.26. The highest BCUT2D eigenvalue weighted by molar-refractivity contribution is 6.30. The van der Waals surface area contributed by atoms with Gasteiger partial charge in [-0.15, -0.1) is 0 Å². The lowest BCUT2D eigenvalue weighted by molar-refractivity contribution is -0.148. The summed E-state index contributed by atoms with van der Waals surface area (Å²) >= 11 is 6.08. The first-order valence-electron chi connectivity index (χ1n) is 18.8. The molecule has 0 spiro atoms. The molecule has 4 amide bonds. The lowest BCUT2D eigenvalue weighted by atomic mass is 9.89. The number of hydrogen-bond acceptors (Lipinski definition) is 8. The van der Waals surface area contributed by atoms with Crippen molar-refractivity contribution >= 4 is 41.2 Å². The first-order valence-corrected chi connectivity index (χ1v) is 19.2. The van der Waals surface area contributed by atoms with Gasteiger partial charge in [0.25, 0.3) is 0 Å². The lowest BCUT2D eigenvalue weighted by Crippen LogP contribution is -2.59. The number of methoxy groups -OCH3 is 2. The summed E-state index contributed by atoms with van der Waals surface area (Å²) in [5.41, 5.74) is 0.669. The van der Waals surface area contributed by atoms with E-state index in [1.165, 1.54) is 14.2 Å². The van der Waals surface area contributed by atoms with Gasteiger partial charge >= 0.3 is 5.97 Å². The van der Waals surface area contributed by atoms with E-state index in [0.29, 0.717) is 36.4 Å². The van der Waals surface area contributed by atoms with E-state index < -0.39 is 60.2 Å². The average Bonchev–Trinajstić information content (AvgIpc) is 3.59. The minimum atomic E-state index is -1.19. The standard InChI is InChI=1S/C39H64ClN5O8/c1-12-24(6)34(44(9)38(49)33(23(4)5)43-37(48)32(41-8)22(2)3)30(52-10)21-31(46)45-18-14-17-29(45)35(53-11)25(7)36(47)42-28(39(50)51)20-26-15-13-16-27(40)19-26/h13,15-16,19,22-25,28-30,32-35,41H,12,14,17-18,20-21H2,1-11H3,(H,42,47)(H,43,48)(H,50,51)/t24-,25+,28-,29-,30+,32-,33-,34-,35+/m0/s1. The second-order valence-corrected chi connectivity index (χ2v) is 15.5. The molecule has 1 heterocycles. The SMILES string of the molecule is CC[C@H](C)[C@@H]([C@@H](CC(=O)N1CCC[C@H]1[C@H](OC)[C@@H](C)C(=O)N[C@@H](Cc1cccc(Cl)c1)C(=O)O)OC)N(C)C(=O)[C@@H](NC(=O)[C@@H](NC)C(C)C)C(C)C. The smallest absolute Gasteiger partial charge is 0.326 e. The monoisotopic (exact) mass is 765 g/mol. The van der Waals surface area contributed by atoms with Crippen molar-refractivity contribution in [3.05, 3.63) is 34.9 Å². The fraction of sp³-hybridized carbons (Fsp3) is 0.718. The molecule has 14 heteroatoms. The number of nitrogens with one attached hydrogen (secondary N) is 3. The molecule has 13 nitrogen and oxygen atoms in total. The molecule has 1 aliphatic heterocycles. The first kappa shape index (κ1) is 45.9. The summed E-state index contributed by atoms with van der Waals surface area (Å²) in [6.45, 7) is 13.8. The van der Waals surface area contributed by atoms with Crippen LogP contribution in [0.1, 0.15) is 79.7 Å². The largest absolute Gasteiger partial charge is 0.480 e. The van der Waals surface area contributed by atoms with E-state index in [1.54, 1.807) is 55.1 Å². The third kappa shape index (κ3) is 12.4. The Bertz CT molecular complexity index is 1380. The summed E-state index contributed by atoms with van der Waals surface area (Å²) in [5.74, 6) is -3.41. The van der Waals surface area contributed by atoms with E-state index in [4.69, 9.17) is 21.1 Å². The zero-order chi connectivity index (χ0) is 40.2. The zero-order valence-corrected chi connectivity index (χ0v) is 34.2. The van der Waals surface area contributed by atoms with Crippen LogP contribution < -0.4 is 16.0 Å². The third-order valence-corrected chi connectivity index (χ3v) is 10.9. The van der Waals surface area contributed by atoms with Gasteiger partial charge in [0.2, 0.25) is 23.6 Å². The first-order chi connectivity index (χ1) is 24.9. The van der Waals surface area contributed by atoms with Crippen molar-refractivity contribution in [1.82, 2.24) is 25.8 Å². The average molecular weight is 766 g/mol. The molecule has 2 rings (SSSR count). The number of aliphatic carboxylic acids is 1. The highest BCUT2D eigenvalue weighted by Gasteiger charge is 2.43. The normalized spacial score (nSPS) is 19.1. The van der Waals surface area contributed by atoms with Crippen LogP contribution >= 0.6 is 11.6 Å². The van der Waals surface area contributed by atoms with Crippen LogP contribution in [0.2, 0.25) is 5.02 Å². The predicted molar refractivity (Wildman–Crippen MR) is 205 cm³/mol. The maximum atomic E-state index is 14.1. The van der Waals surface area contributed by atoms with Crippen LogP contribution in [0.4, 0.5) is 0 Å². The lowest BCUT2D eigenvalue weighted by Gasteiger charge is -2.41. The summed E-state index contributed by atoms with van der Waals surface area (Å²) in [6.07, 6.45) is 0.654. The summed E-state index contributed by atoms with van der Waals surface area (Å²) in [4.78, 5) is 70.4. The van der Waals surface area contributed by atoms with Gasteiger partial charge in [-0.1, -0.05) is 78.6 Å². The fourth-order valence-corrected chi connectivity index (χ4v) is 7.67. The van der Waals surface area contributed by atoms with E-state index in [0.717, 1.165) is 0 Å². The van der Waals surface area contributed by atoms with E-state index >= 15 is 0 Å². The topological polar surface area (TPSA) is 167 Å². The van der Waals surface area contributed by atoms with Crippen molar-refractivity contribution in [2.45, 2.75) is 123 Å². The number of nitrogens with zero attached hydrogens (tertiary/aromatic N) is 2. The zero-order valence-electron chi connectivity index (χ0n) is 33.5. The van der Waals surface area contributed by atoms with Gasteiger partial charge in [0.1, 0.15) is 12.1 Å². The van der Waals surface area contributed by atoms with Crippen LogP contribution in [0, 0.1) is 23.7 Å². The van der Waals surface area contributed by atoms with E-state index in [9.17, 15) is 29.1 Å². The van der Waals surface area contributed by atoms with Crippen LogP contribution in [-0.4, -0.2) is 122 Å². The van der Waals surface area contributed by atoms with Gasteiger partial charge in [-0.3, -0.25) is 19.2 Å². The molecule has 1 aliphatic rings. The number of carboxylic acid groups (broad SMARTS) is 1. The number of carbonyl (C=O) groups excluding carboxylic acids is 4. The fourth-order valence-electron chi connectivity index (χ4n) is 7.45. The molecule has 0 saturated carbocycles. The van der Waals surface area contributed by atoms with Gasteiger partial charge in [-0.2, -0.15) is 0 Å². The molecule has 1 fully saturated rings. The number of ether oxygens (including phenoxy) is 2. The number of likely N-dealkylation sites (N-methyl/N-ethyl adjacent to an activating group) is 2. The maximum absolute atomic E-state index is 14.1. The minimum Gasteiger partial charge on any atom is -0.480 e. The molecule has 1 aromatic carbocycles. The molecule has 0 aromatic heterocycles. The number of hydrogen-bond donors (Lipinski definition) is 4. The second kappa shape index (κ2) is 21.6. The number of rotatable bonds is 21. The molecule has 0 aliphatic carbocycles. The van der Waals surface area contributed by atoms with Crippen molar-refractivity contribution in [3.63, 3.8) is 0 Å². The Morgan fingerprint density at radius 1 is 0.981 bits per heavy atom. The summed E-state index contributed by atoms with van der Waals surface area (Å²) in [5, 5.41) is 19.0. The Morgan fingerprint density at radius 3 is 2.13 bits per heavy atom. The molecule has 4 N–H and O–H groups in total. The molecule has 300 valence electrons. The maximum Gasteiger partial charge on any atom is 0.326 e. The number of carbonyl (C=O) groups is 5. The van der Waals surface area contributed by atoms with Gasteiger partial charge in [0.05, 0.1) is 42.7 Å². The Labute approximate surface area is 321 Å². The number of amides is 4. The molecule has 0 unspecified atom stereocenters. The summed E-state index contributed by atoms with van der Waals surface area (Å²) in [7, 11) is 6.43. The number of carboxylic acids is 1. The van der Waals surface area contributed by atoms with Gasteiger partial charge < -0.3 is 40.3 Å². The molecule has 0 radical (unpaired) electrons. The second-order valence-electron chi connectivity index (χ2n) is 15.1. The Kier molecular flexibility index (Phi) is 18.7. The predicted octanol–water partition coefficient (Wildman–Crippen LogP) is 3.76. The van der Waals surface area contributed by atoms with Gasteiger partial charge in [-0.25, -0.2) is 4.79 Å². The molecular formula is C39H64ClN5O8. The van der Waals surface area contributed by atoms with E-state index in [-0.39, 0.29) is 48.3 Å². The van der Waals surface area contributed by atoms with Crippen LogP contribution in [0.3, 0.4) is 0 Å². The number of benzene rings is 1. The van der Waals surface area contributed by atoms with Crippen LogP contribution in [0.25, 0.3) is 0 Å². The van der Waals surface area contributed by atoms with Crippen molar-refractivity contribution in [3.8, 4) is 0 Å². The highest BCUT2D eigenvalue weighted by atomic mass is 35.5. The Balaban J connectivity index is 2.27. The van der Waals surface area contributed by atoms with Crippen LogP contribution in [-0.2, 0) is 39.9 Å². The molecule has 53 heavy (non-hydrogen) atoms. The quantitative estimate of drug-likeness (QED) is 0.146. The minimum absolute atomic E-state index is 0.0169. The van der Waals surface area contributed by atoms with Gasteiger partial charge in [-0.05, 0) is 55.3 Å². The summed E-state index contributed by atoms with van der Waals surface area (Å²) < 4.78 is 11.8. The van der Waals surface area contributed by atoms with Gasteiger partial charge in [0.15, 0.2) is 0 Å². The van der Waals surface area contributed by atoms with E-state index in [1.807, 2.05) is 41.5 Å². The molecule has 1 aromatic rings. The molecule has 1 saturated heterocycles. The van der Waals surface area contributed by atoms with Crippen molar-refractivity contribution < 1.29 is 38.6 Å². The van der Waals surface area contributed by atoms with Crippen LogP contribution in [0.5, 0.6) is 0 Å². The number of halogens is 1.